The van der Waals surface area contributed by atoms with Gasteiger partial charge in [-0.2, -0.15) is 0 Å². The van der Waals surface area contributed by atoms with Crippen LogP contribution in [-0.4, -0.2) is 55.4 Å². The Kier molecular flexibility index (Phi) is 4.27. The second kappa shape index (κ2) is 5.91. The molecule has 126 valence electrons. The van der Waals surface area contributed by atoms with E-state index in [-0.39, 0.29) is 11.5 Å². The minimum absolute atomic E-state index is 0.0244. The van der Waals surface area contributed by atoms with Gasteiger partial charge in [-0.05, 0) is 38.5 Å². The second-order valence-corrected chi connectivity index (χ2v) is 7.07. The van der Waals surface area contributed by atoms with Crippen LogP contribution in [0, 0.1) is 5.41 Å². The highest BCUT2D eigenvalue weighted by atomic mass is 19.3. The Morgan fingerprint density at radius 2 is 2.09 bits per heavy atom. The number of alkyl halides is 3. The van der Waals surface area contributed by atoms with Crippen molar-refractivity contribution < 1.29 is 22.7 Å². The lowest BCUT2D eigenvalue weighted by Gasteiger charge is -2.43. The Hall–Kier alpha value is -0.980. The van der Waals surface area contributed by atoms with E-state index >= 15 is 0 Å². The third kappa shape index (κ3) is 2.92. The molecular weight excluding hydrogens is 297 g/mol. The van der Waals surface area contributed by atoms with Gasteiger partial charge in [0.2, 0.25) is 0 Å². The molecule has 2 saturated heterocycles. The maximum atomic E-state index is 12.8. The van der Waals surface area contributed by atoms with Crippen LogP contribution < -0.4 is 5.32 Å². The third-order valence-corrected chi connectivity index (χ3v) is 5.37. The molecule has 2 aliphatic carbocycles. The van der Waals surface area contributed by atoms with E-state index in [0.717, 1.165) is 19.3 Å². The highest BCUT2D eigenvalue weighted by Gasteiger charge is 2.61. The zero-order chi connectivity index (χ0) is 15.8. The van der Waals surface area contributed by atoms with E-state index in [1.807, 2.05) is 0 Å². The van der Waals surface area contributed by atoms with E-state index in [0.29, 0.717) is 32.4 Å². The van der Waals surface area contributed by atoms with Crippen LogP contribution in [0.5, 0.6) is 0 Å². The van der Waals surface area contributed by atoms with Crippen LogP contribution in [0.1, 0.15) is 38.5 Å². The van der Waals surface area contributed by atoms with Crippen molar-refractivity contribution in [3.63, 3.8) is 0 Å². The molecule has 4 rings (SSSR count). The smallest absolute Gasteiger partial charge is 0.317 e. The summed E-state index contributed by atoms with van der Waals surface area (Å²) in [5, 5.41) is 2.75. The number of amides is 2. The van der Waals surface area contributed by atoms with E-state index in [1.54, 1.807) is 0 Å². The molecule has 4 aliphatic rings. The lowest BCUT2D eigenvalue weighted by atomic mass is 9.61. The number of carbonyl (C=O) groups excluding carboxylic acids is 1. The molecule has 0 radical (unpaired) electrons. The second-order valence-electron chi connectivity index (χ2n) is 7.07. The van der Waals surface area contributed by atoms with Crippen LogP contribution >= 0.6 is 0 Å². The van der Waals surface area contributed by atoms with Crippen LogP contribution in [0.15, 0.2) is 0 Å². The summed E-state index contributed by atoms with van der Waals surface area (Å²) in [4.78, 5) is 13.4. The monoisotopic (exact) mass is 320 g/mol. The van der Waals surface area contributed by atoms with E-state index in [4.69, 9.17) is 4.74 Å². The number of nitrogens with zero attached hydrogens (tertiary/aromatic N) is 1. The number of urea groups is 1. The number of hydrogen-bond donors (Lipinski definition) is 1. The maximum Gasteiger partial charge on any atom is 0.317 e. The molecule has 0 unspecified atom stereocenters. The third-order valence-electron chi connectivity index (χ3n) is 5.37. The molecule has 0 aromatic heterocycles. The Bertz CT molecular complexity index is 423. The van der Waals surface area contributed by atoms with Crippen LogP contribution in [-0.2, 0) is 4.74 Å². The van der Waals surface area contributed by atoms with Gasteiger partial charge in [-0.25, -0.2) is 18.0 Å². The quantitative estimate of drug-likeness (QED) is 0.784. The lowest BCUT2D eigenvalue weighted by Crippen LogP contribution is -2.52. The van der Waals surface area contributed by atoms with E-state index in [2.05, 4.69) is 5.32 Å². The van der Waals surface area contributed by atoms with Gasteiger partial charge in [0.15, 0.2) is 0 Å². The van der Waals surface area contributed by atoms with Gasteiger partial charge in [-0.1, -0.05) is 0 Å². The maximum absolute atomic E-state index is 12.8. The van der Waals surface area contributed by atoms with Gasteiger partial charge in [-0.3, -0.25) is 0 Å². The van der Waals surface area contributed by atoms with Gasteiger partial charge >= 0.3 is 6.03 Å². The summed E-state index contributed by atoms with van der Waals surface area (Å²) in [7, 11) is 0. The molecular formula is C15H23F3N2O2. The average Bonchev–Trinajstić information content (AvgIpc) is 2.91. The summed E-state index contributed by atoms with van der Waals surface area (Å²) >= 11 is 0. The van der Waals surface area contributed by atoms with Gasteiger partial charge in [0.05, 0.1) is 18.8 Å². The molecule has 2 amide bonds. The number of halogens is 3. The Balaban J connectivity index is 1.43. The SMILES string of the molecule is O=C(NCCC12COC(CF)(C1)C2)N(CC(F)F)C1CCC1. The van der Waals surface area contributed by atoms with Crippen molar-refractivity contribution in [3.8, 4) is 0 Å². The van der Waals surface area contributed by atoms with Crippen molar-refractivity contribution in [2.24, 2.45) is 5.41 Å². The van der Waals surface area contributed by atoms with Gasteiger partial charge in [0, 0.05) is 18.0 Å². The van der Waals surface area contributed by atoms with Gasteiger partial charge in [-0.15, -0.1) is 0 Å². The molecule has 2 bridgehead atoms. The molecule has 0 spiro atoms. The van der Waals surface area contributed by atoms with Crippen molar-refractivity contribution >= 4 is 6.03 Å². The summed E-state index contributed by atoms with van der Waals surface area (Å²) in [5.41, 5.74) is -0.596. The first-order valence-corrected chi connectivity index (χ1v) is 8.00. The van der Waals surface area contributed by atoms with Crippen molar-refractivity contribution in [2.75, 3.05) is 26.4 Å². The van der Waals surface area contributed by atoms with Crippen LogP contribution in [0.2, 0.25) is 0 Å². The summed E-state index contributed by atoms with van der Waals surface area (Å²) in [6.07, 6.45) is 2.21. The number of rotatable bonds is 7. The number of ether oxygens (including phenoxy) is 1. The van der Waals surface area contributed by atoms with Crippen molar-refractivity contribution in [1.29, 1.82) is 0 Å². The number of carbonyl (C=O) groups is 1. The molecule has 0 atom stereocenters. The van der Waals surface area contributed by atoms with Crippen LogP contribution in [0.4, 0.5) is 18.0 Å². The molecule has 7 heteroatoms. The van der Waals surface area contributed by atoms with Gasteiger partial charge in [0.1, 0.15) is 6.67 Å². The Labute approximate surface area is 128 Å². The number of hydrogen-bond acceptors (Lipinski definition) is 2. The largest absolute Gasteiger partial charge is 0.372 e. The molecule has 2 aliphatic heterocycles. The van der Waals surface area contributed by atoms with E-state index < -0.39 is 31.3 Å². The van der Waals surface area contributed by atoms with Crippen LogP contribution in [0.3, 0.4) is 0 Å². The van der Waals surface area contributed by atoms with Gasteiger partial charge in [0.25, 0.3) is 6.43 Å². The van der Waals surface area contributed by atoms with Crippen LogP contribution in [0.25, 0.3) is 0 Å². The molecule has 2 heterocycles. The first kappa shape index (κ1) is 15.9. The summed E-state index contributed by atoms with van der Waals surface area (Å²) in [6, 6.07) is -0.457. The van der Waals surface area contributed by atoms with Crippen molar-refractivity contribution in [1.82, 2.24) is 10.2 Å². The highest BCUT2D eigenvalue weighted by Crippen LogP contribution is 2.59. The molecule has 0 aromatic rings. The minimum Gasteiger partial charge on any atom is -0.372 e. The fraction of sp³-hybridized carbons (Fsp3) is 0.933. The molecule has 1 N–H and O–H groups in total. The molecule has 0 aromatic carbocycles. The van der Waals surface area contributed by atoms with Gasteiger partial charge < -0.3 is 15.0 Å². The summed E-state index contributed by atoms with van der Waals surface area (Å²) in [5.74, 6) is 0. The zero-order valence-corrected chi connectivity index (χ0v) is 12.6. The standard InChI is InChI=1S/C15H23F3N2O2/c16-9-15-7-14(8-15,10-22-15)4-5-19-13(21)20(6-12(17)18)11-2-1-3-11/h11-12H,1-10H2,(H,19,21). The predicted octanol–water partition coefficient (Wildman–Crippen LogP) is 2.72. The first-order valence-electron chi connectivity index (χ1n) is 8.00. The summed E-state index contributed by atoms with van der Waals surface area (Å²) in [6.45, 7) is 0.00779. The topological polar surface area (TPSA) is 41.6 Å². The molecule has 4 nitrogen and oxygen atoms in total. The Morgan fingerprint density at radius 3 is 2.59 bits per heavy atom. The fourth-order valence-electron chi connectivity index (χ4n) is 3.99. The average molecular weight is 320 g/mol. The number of fused-ring (bicyclic) bond motifs is 1. The lowest BCUT2D eigenvalue weighted by molar-refractivity contribution is -0.0357. The summed E-state index contributed by atoms with van der Waals surface area (Å²) < 4.78 is 43.5. The predicted molar refractivity (Wildman–Crippen MR) is 74.7 cm³/mol. The normalized spacial score (nSPS) is 33.5. The first-order chi connectivity index (χ1) is 10.5. The molecule has 4 fully saturated rings. The molecule has 2 saturated carbocycles. The Morgan fingerprint density at radius 1 is 1.36 bits per heavy atom. The fourth-order valence-corrected chi connectivity index (χ4v) is 3.99. The van der Waals surface area contributed by atoms with E-state index in [9.17, 15) is 18.0 Å². The van der Waals surface area contributed by atoms with Crippen molar-refractivity contribution in [2.45, 2.75) is 56.6 Å². The minimum atomic E-state index is -2.51. The highest BCUT2D eigenvalue weighted by molar-refractivity contribution is 5.74. The number of nitrogens with one attached hydrogen (secondary N) is 1. The zero-order valence-electron chi connectivity index (χ0n) is 12.6. The van der Waals surface area contributed by atoms with Crippen molar-refractivity contribution in [3.05, 3.63) is 0 Å². The molecule has 22 heavy (non-hydrogen) atoms. The van der Waals surface area contributed by atoms with E-state index in [1.165, 1.54) is 4.90 Å².